The lowest BCUT2D eigenvalue weighted by Gasteiger charge is -2.30. The predicted molar refractivity (Wildman–Crippen MR) is 61.8 cm³/mol. The molecule has 1 rings (SSSR count). The van der Waals surface area contributed by atoms with E-state index in [9.17, 15) is 13.5 Å². The van der Waals surface area contributed by atoms with Crippen LogP contribution in [0.2, 0.25) is 0 Å². The minimum absolute atomic E-state index is 0.0214. The van der Waals surface area contributed by atoms with E-state index >= 15 is 0 Å². The Labute approximate surface area is 102 Å². The smallest absolute Gasteiger partial charge is 0.281 e. The first-order valence-electron chi connectivity index (χ1n) is 5.44. The number of rotatable bonds is 6. The summed E-state index contributed by atoms with van der Waals surface area (Å²) in [6.45, 7) is 1.66. The van der Waals surface area contributed by atoms with Gasteiger partial charge in [0.2, 0.25) is 0 Å². The fraction of sp³-hybridized carbons (Fsp3) is 1.00. The Balaban J connectivity index is 2.56. The van der Waals surface area contributed by atoms with Crippen molar-refractivity contribution in [3.8, 4) is 0 Å². The molecule has 8 heteroatoms. The topological polar surface area (TPSA) is 79.3 Å². The molecule has 0 bridgehead atoms. The van der Waals surface area contributed by atoms with Gasteiger partial charge >= 0.3 is 0 Å². The van der Waals surface area contributed by atoms with E-state index in [1.54, 1.807) is 0 Å². The summed E-state index contributed by atoms with van der Waals surface area (Å²) in [5.74, 6) is 0. The van der Waals surface area contributed by atoms with Gasteiger partial charge in [-0.25, -0.2) is 0 Å². The highest BCUT2D eigenvalue weighted by Gasteiger charge is 2.29. The zero-order chi connectivity index (χ0) is 12.9. The summed E-state index contributed by atoms with van der Waals surface area (Å²) in [7, 11) is -0.598. The number of morpholine rings is 1. The Morgan fingerprint density at radius 1 is 1.47 bits per heavy atom. The molecule has 102 valence electrons. The summed E-state index contributed by atoms with van der Waals surface area (Å²) in [4.78, 5) is 0. The quantitative estimate of drug-likeness (QED) is 0.634. The van der Waals surface area contributed by atoms with Gasteiger partial charge in [0.05, 0.1) is 25.9 Å². The largest absolute Gasteiger partial charge is 0.389 e. The number of methoxy groups -OCH3 is 1. The average molecular weight is 268 g/mol. The van der Waals surface area contributed by atoms with Crippen molar-refractivity contribution in [2.45, 2.75) is 6.10 Å². The van der Waals surface area contributed by atoms with Crippen molar-refractivity contribution in [2.24, 2.45) is 0 Å². The van der Waals surface area contributed by atoms with Gasteiger partial charge in [0.15, 0.2) is 0 Å². The second kappa shape index (κ2) is 6.62. The molecule has 1 saturated heterocycles. The van der Waals surface area contributed by atoms with Gasteiger partial charge in [0, 0.05) is 33.8 Å². The Bertz CT molecular complexity index is 315. The zero-order valence-corrected chi connectivity index (χ0v) is 11.0. The molecule has 0 aromatic carbocycles. The van der Waals surface area contributed by atoms with Gasteiger partial charge < -0.3 is 14.6 Å². The van der Waals surface area contributed by atoms with Crippen LogP contribution in [0.4, 0.5) is 0 Å². The monoisotopic (exact) mass is 268 g/mol. The van der Waals surface area contributed by atoms with Crippen LogP contribution >= 0.6 is 0 Å². The van der Waals surface area contributed by atoms with Crippen molar-refractivity contribution in [1.29, 1.82) is 0 Å². The summed E-state index contributed by atoms with van der Waals surface area (Å²) >= 11 is 0. The van der Waals surface area contributed by atoms with Crippen molar-refractivity contribution >= 4 is 10.2 Å². The lowest BCUT2D eigenvalue weighted by atomic mass is 10.4. The van der Waals surface area contributed by atoms with Crippen molar-refractivity contribution in [1.82, 2.24) is 8.61 Å². The van der Waals surface area contributed by atoms with E-state index in [0.717, 1.165) is 4.31 Å². The molecule has 0 amide bonds. The molecule has 0 saturated carbocycles. The van der Waals surface area contributed by atoms with Crippen LogP contribution in [-0.4, -0.2) is 81.9 Å². The summed E-state index contributed by atoms with van der Waals surface area (Å²) < 4.78 is 36.5. The Hall–Kier alpha value is -0.250. The van der Waals surface area contributed by atoms with Gasteiger partial charge in [-0.05, 0) is 0 Å². The molecule has 1 fully saturated rings. The summed E-state index contributed by atoms with van der Waals surface area (Å²) in [6.07, 6.45) is -0.819. The van der Waals surface area contributed by atoms with E-state index in [4.69, 9.17) is 9.47 Å². The third-order valence-corrected chi connectivity index (χ3v) is 4.47. The molecule has 0 aromatic rings. The summed E-state index contributed by atoms with van der Waals surface area (Å²) in [5, 5.41) is 9.51. The molecular weight excluding hydrogens is 248 g/mol. The van der Waals surface area contributed by atoms with Crippen LogP contribution in [0.1, 0.15) is 0 Å². The number of hydrogen-bond donors (Lipinski definition) is 1. The fourth-order valence-corrected chi connectivity index (χ4v) is 2.98. The molecule has 0 spiro atoms. The van der Waals surface area contributed by atoms with Crippen LogP contribution in [0.3, 0.4) is 0 Å². The Morgan fingerprint density at radius 3 is 2.59 bits per heavy atom. The van der Waals surface area contributed by atoms with Crippen molar-refractivity contribution in [3.05, 3.63) is 0 Å². The van der Waals surface area contributed by atoms with Gasteiger partial charge in [-0.1, -0.05) is 0 Å². The summed E-state index contributed by atoms with van der Waals surface area (Å²) in [5.41, 5.74) is 0. The molecule has 0 aromatic heterocycles. The first-order chi connectivity index (χ1) is 7.98. The van der Waals surface area contributed by atoms with E-state index in [2.05, 4.69) is 0 Å². The molecule has 0 radical (unpaired) electrons. The molecule has 1 heterocycles. The first kappa shape index (κ1) is 14.8. The van der Waals surface area contributed by atoms with Crippen LogP contribution < -0.4 is 0 Å². The lowest BCUT2D eigenvalue weighted by Crippen LogP contribution is -2.49. The van der Waals surface area contributed by atoms with Crippen LogP contribution in [0.5, 0.6) is 0 Å². The molecule has 1 N–H and O–H groups in total. The Morgan fingerprint density at radius 2 is 2.06 bits per heavy atom. The van der Waals surface area contributed by atoms with E-state index in [1.165, 1.54) is 18.5 Å². The van der Waals surface area contributed by atoms with Gasteiger partial charge in [-0.3, -0.25) is 0 Å². The third-order valence-electron chi connectivity index (χ3n) is 2.52. The first-order valence-corrected chi connectivity index (χ1v) is 6.84. The average Bonchev–Trinajstić information content (AvgIpc) is 2.30. The van der Waals surface area contributed by atoms with Crippen LogP contribution in [0, 0.1) is 0 Å². The number of hydrogen-bond acceptors (Lipinski definition) is 5. The van der Waals surface area contributed by atoms with Crippen LogP contribution in [0.25, 0.3) is 0 Å². The SMILES string of the molecule is COCC(O)CN(C)S(=O)(=O)N1CCOCC1. The van der Waals surface area contributed by atoms with Crippen molar-refractivity contribution in [2.75, 3.05) is 53.6 Å². The molecule has 1 atom stereocenters. The second-order valence-electron chi connectivity index (χ2n) is 3.91. The van der Waals surface area contributed by atoms with Crippen LogP contribution in [0.15, 0.2) is 0 Å². The van der Waals surface area contributed by atoms with Gasteiger partial charge in [0.25, 0.3) is 10.2 Å². The zero-order valence-electron chi connectivity index (χ0n) is 10.2. The fourth-order valence-electron chi connectivity index (χ4n) is 1.61. The van der Waals surface area contributed by atoms with Gasteiger partial charge in [0.1, 0.15) is 0 Å². The third kappa shape index (κ3) is 4.16. The minimum atomic E-state index is -3.50. The molecule has 17 heavy (non-hydrogen) atoms. The Kier molecular flexibility index (Phi) is 5.77. The second-order valence-corrected chi connectivity index (χ2v) is 5.94. The molecule has 1 aliphatic rings. The highest BCUT2D eigenvalue weighted by molar-refractivity contribution is 7.86. The number of aliphatic hydroxyl groups excluding tert-OH is 1. The van der Waals surface area contributed by atoms with E-state index in [-0.39, 0.29) is 13.2 Å². The van der Waals surface area contributed by atoms with Gasteiger partial charge in [-0.15, -0.1) is 0 Å². The standard InChI is InChI=1S/C9H20N2O5S/c1-10(7-9(12)8-15-2)17(13,14)11-3-5-16-6-4-11/h9,12H,3-8H2,1-2H3. The maximum atomic E-state index is 12.1. The van der Waals surface area contributed by atoms with Crippen LogP contribution in [-0.2, 0) is 19.7 Å². The van der Waals surface area contributed by atoms with E-state index in [1.807, 2.05) is 0 Å². The van der Waals surface area contributed by atoms with E-state index in [0.29, 0.717) is 26.3 Å². The molecule has 1 aliphatic heterocycles. The highest BCUT2D eigenvalue weighted by atomic mass is 32.2. The minimum Gasteiger partial charge on any atom is -0.389 e. The normalized spacial score (nSPS) is 20.7. The summed E-state index contributed by atoms with van der Waals surface area (Å²) in [6, 6.07) is 0. The lowest BCUT2D eigenvalue weighted by molar-refractivity contribution is 0.0506. The van der Waals surface area contributed by atoms with E-state index < -0.39 is 16.3 Å². The molecule has 0 aliphatic carbocycles. The van der Waals surface area contributed by atoms with Crippen molar-refractivity contribution < 1.29 is 23.0 Å². The number of nitrogens with zero attached hydrogens (tertiary/aromatic N) is 2. The van der Waals surface area contributed by atoms with Gasteiger partial charge in [-0.2, -0.15) is 17.0 Å². The predicted octanol–water partition coefficient (Wildman–Crippen LogP) is -1.50. The molecule has 1 unspecified atom stereocenters. The number of likely N-dealkylation sites (N-methyl/N-ethyl adjacent to an activating group) is 1. The maximum Gasteiger partial charge on any atom is 0.281 e. The highest BCUT2D eigenvalue weighted by Crippen LogP contribution is 2.09. The number of ether oxygens (including phenoxy) is 2. The number of aliphatic hydroxyl groups is 1. The molecule has 7 nitrogen and oxygen atoms in total. The van der Waals surface area contributed by atoms with Crippen molar-refractivity contribution in [3.63, 3.8) is 0 Å². The maximum absolute atomic E-state index is 12.1. The molecular formula is C9H20N2O5S.